The van der Waals surface area contributed by atoms with Gasteiger partial charge in [-0.2, -0.15) is 0 Å². The fourth-order valence-corrected chi connectivity index (χ4v) is 3.82. The van der Waals surface area contributed by atoms with E-state index in [1.54, 1.807) is 7.11 Å². The molecule has 0 fully saturated rings. The first-order valence-electron chi connectivity index (χ1n) is 10.4. The molecule has 0 aliphatic carbocycles. The van der Waals surface area contributed by atoms with Gasteiger partial charge in [0.2, 0.25) is 0 Å². The van der Waals surface area contributed by atoms with Crippen molar-refractivity contribution >= 4 is 5.97 Å². The van der Waals surface area contributed by atoms with E-state index in [9.17, 15) is 4.79 Å². The molecule has 0 aromatic heterocycles. The van der Waals surface area contributed by atoms with Gasteiger partial charge in [0.25, 0.3) is 0 Å². The van der Waals surface area contributed by atoms with Crippen LogP contribution >= 0.6 is 0 Å². The fourth-order valence-electron chi connectivity index (χ4n) is 3.82. The van der Waals surface area contributed by atoms with Gasteiger partial charge in [-0.3, -0.25) is 4.79 Å². The molecule has 1 atom stereocenters. The Morgan fingerprint density at radius 3 is 2.10 bits per heavy atom. The number of ether oxygens (including phenoxy) is 2. The highest BCUT2D eigenvalue weighted by Gasteiger charge is 2.31. The van der Waals surface area contributed by atoms with Crippen LogP contribution in [0.15, 0.2) is 72.8 Å². The van der Waals surface area contributed by atoms with Crippen molar-refractivity contribution < 1.29 is 14.3 Å². The lowest BCUT2D eigenvalue weighted by Gasteiger charge is -2.30. The van der Waals surface area contributed by atoms with Gasteiger partial charge in [-0.25, -0.2) is 0 Å². The molecule has 3 heteroatoms. The number of esters is 1. The Labute approximate surface area is 179 Å². The molecule has 0 amide bonds. The van der Waals surface area contributed by atoms with Crippen molar-refractivity contribution in [2.45, 2.75) is 45.4 Å². The molecule has 0 aliphatic heterocycles. The highest BCUT2D eigenvalue weighted by Crippen LogP contribution is 2.35. The largest absolute Gasteiger partial charge is 0.497 e. The highest BCUT2D eigenvalue weighted by atomic mass is 16.5. The second-order valence-electron chi connectivity index (χ2n) is 8.15. The van der Waals surface area contributed by atoms with Crippen molar-refractivity contribution in [1.29, 1.82) is 0 Å². The minimum absolute atomic E-state index is 0.209. The Morgan fingerprint density at radius 2 is 1.50 bits per heavy atom. The molecule has 0 saturated carbocycles. The number of para-hydroxylation sites is 1. The molecule has 30 heavy (non-hydrogen) atoms. The van der Waals surface area contributed by atoms with Gasteiger partial charge in [0.1, 0.15) is 11.5 Å². The lowest BCUT2D eigenvalue weighted by molar-refractivity contribution is -0.135. The molecule has 0 saturated heterocycles. The van der Waals surface area contributed by atoms with E-state index in [4.69, 9.17) is 9.47 Å². The number of carbonyl (C=O) groups excluding carboxylic acids is 1. The van der Waals surface area contributed by atoms with Crippen LogP contribution in [0.3, 0.4) is 0 Å². The van der Waals surface area contributed by atoms with E-state index in [2.05, 4.69) is 43.3 Å². The van der Waals surface area contributed by atoms with E-state index in [-0.39, 0.29) is 11.4 Å². The number of benzene rings is 3. The second kappa shape index (κ2) is 9.62. The number of aryl methyl sites for hydroxylation is 3. The van der Waals surface area contributed by atoms with Crippen molar-refractivity contribution in [3.8, 4) is 11.5 Å². The number of hydrogen-bond donors (Lipinski definition) is 0. The van der Waals surface area contributed by atoms with Gasteiger partial charge >= 0.3 is 5.97 Å². The van der Waals surface area contributed by atoms with Crippen LogP contribution in [0.2, 0.25) is 0 Å². The van der Waals surface area contributed by atoms with E-state index in [1.807, 2.05) is 50.2 Å². The van der Waals surface area contributed by atoms with Crippen molar-refractivity contribution in [3.05, 3.63) is 95.1 Å². The SMILES string of the molecule is COc1ccc([C@@](C)(CCc2ccccc2)CC(=O)Oc2c(C)cccc2C)cc1. The molecular formula is C27H30O3. The molecule has 0 radical (unpaired) electrons. The molecule has 0 bridgehead atoms. The number of methoxy groups -OCH3 is 1. The van der Waals surface area contributed by atoms with Crippen LogP contribution in [0.4, 0.5) is 0 Å². The van der Waals surface area contributed by atoms with Crippen molar-refractivity contribution in [3.63, 3.8) is 0 Å². The van der Waals surface area contributed by atoms with Gasteiger partial charge in [0.05, 0.1) is 13.5 Å². The number of carbonyl (C=O) groups is 1. The Bertz CT molecular complexity index is 956. The van der Waals surface area contributed by atoms with Crippen LogP contribution in [0, 0.1) is 13.8 Å². The maximum absolute atomic E-state index is 13.0. The minimum atomic E-state index is -0.351. The van der Waals surface area contributed by atoms with Gasteiger partial charge in [0, 0.05) is 5.41 Å². The average molecular weight is 403 g/mol. The lowest BCUT2D eigenvalue weighted by atomic mass is 9.75. The molecule has 0 unspecified atom stereocenters. The minimum Gasteiger partial charge on any atom is -0.497 e. The number of hydrogen-bond acceptors (Lipinski definition) is 3. The third-order valence-electron chi connectivity index (χ3n) is 5.75. The summed E-state index contributed by atoms with van der Waals surface area (Å²) in [6.07, 6.45) is 2.03. The van der Waals surface area contributed by atoms with E-state index >= 15 is 0 Å². The molecular weight excluding hydrogens is 372 g/mol. The van der Waals surface area contributed by atoms with Crippen LogP contribution in [0.1, 0.15) is 42.0 Å². The highest BCUT2D eigenvalue weighted by molar-refractivity contribution is 5.75. The van der Waals surface area contributed by atoms with Crippen LogP contribution in [-0.2, 0) is 16.6 Å². The topological polar surface area (TPSA) is 35.5 Å². The van der Waals surface area contributed by atoms with E-state index in [0.717, 1.165) is 35.3 Å². The zero-order chi connectivity index (χ0) is 21.6. The summed E-state index contributed by atoms with van der Waals surface area (Å²) in [5, 5.41) is 0. The standard InChI is InChI=1S/C27H30O3/c1-20-9-8-10-21(2)26(20)30-25(28)19-27(3,18-17-22-11-6-5-7-12-22)23-13-15-24(29-4)16-14-23/h5-16H,17-19H2,1-4H3/t27-/m0/s1. The van der Waals surface area contributed by atoms with Crippen molar-refractivity contribution in [2.24, 2.45) is 0 Å². The summed E-state index contributed by atoms with van der Waals surface area (Å²) >= 11 is 0. The third-order valence-corrected chi connectivity index (χ3v) is 5.75. The summed E-state index contributed by atoms with van der Waals surface area (Å²) in [7, 11) is 1.66. The molecule has 3 rings (SSSR count). The smallest absolute Gasteiger partial charge is 0.312 e. The lowest BCUT2D eigenvalue weighted by Crippen LogP contribution is -2.29. The van der Waals surface area contributed by atoms with Gasteiger partial charge in [-0.05, 0) is 61.1 Å². The Hall–Kier alpha value is -3.07. The first kappa shape index (κ1) is 21.6. The maximum Gasteiger partial charge on any atom is 0.312 e. The third kappa shape index (κ3) is 5.29. The monoisotopic (exact) mass is 402 g/mol. The quantitative estimate of drug-likeness (QED) is 0.332. The van der Waals surface area contributed by atoms with Gasteiger partial charge in [-0.1, -0.05) is 67.6 Å². The van der Waals surface area contributed by atoms with Gasteiger partial charge in [0.15, 0.2) is 0 Å². The van der Waals surface area contributed by atoms with Crippen molar-refractivity contribution in [2.75, 3.05) is 7.11 Å². The van der Waals surface area contributed by atoms with Crippen LogP contribution < -0.4 is 9.47 Å². The van der Waals surface area contributed by atoms with Gasteiger partial charge in [-0.15, -0.1) is 0 Å². The van der Waals surface area contributed by atoms with E-state index < -0.39 is 0 Å². The Morgan fingerprint density at radius 1 is 0.867 bits per heavy atom. The second-order valence-corrected chi connectivity index (χ2v) is 8.15. The molecule has 3 aromatic carbocycles. The summed E-state index contributed by atoms with van der Waals surface area (Å²) in [4.78, 5) is 13.0. The summed E-state index contributed by atoms with van der Waals surface area (Å²) in [5.74, 6) is 1.27. The Kier molecular flexibility index (Phi) is 6.94. The molecule has 156 valence electrons. The zero-order valence-corrected chi connectivity index (χ0v) is 18.3. The number of rotatable bonds is 8. The summed E-state index contributed by atoms with van der Waals surface area (Å²) in [6.45, 7) is 6.07. The predicted octanol–water partition coefficient (Wildman–Crippen LogP) is 6.20. The summed E-state index contributed by atoms with van der Waals surface area (Å²) in [6, 6.07) is 24.3. The summed E-state index contributed by atoms with van der Waals surface area (Å²) < 4.78 is 11.1. The Balaban J connectivity index is 1.83. The summed E-state index contributed by atoms with van der Waals surface area (Å²) in [5.41, 5.74) is 3.96. The van der Waals surface area contributed by atoms with Crippen LogP contribution in [0.25, 0.3) is 0 Å². The van der Waals surface area contributed by atoms with E-state index in [1.165, 1.54) is 5.56 Å². The first-order valence-corrected chi connectivity index (χ1v) is 10.4. The molecule has 0 spiro atoms. The van der Waals surface area contributed by atoms with Crippen molar-refractivity contribution in [1.82, 2.24) is 0 Å². The average Bonchev–Trinajstić information content (AvgIpc) is 2.76. The first-order chi connectivity index (χ1) is 14.4. The maximum atomic E-state index is 13.0. The van der Waals surface area contributed by atoms with Crippen LogP contribution in [-0.4, -0.2) is 13.1 Å². The predicted molar refractivity (Wildman–Crippen MR) is 121 cm³/mol. The molecule has 3 nitrogen and oxygen atoms in total. The molecule has 3 aromatic rings. The fraction of sp³-hybridized carbons (Fsp3) is 0.296. The molecule has 0 heterocycles. The van der Waals surface area contributed by atoms with Crippen LogP contribution in [0.5, 0.6) is 11.5 Å². The zero-order valence-electron chi connectivity index (χ0n) is 18.3. The van der Waals surface area contributed by atoms with Gasteiger partial charge < -0.3 is 9.47 Å². The van der Waals surface area contributed by atoms with E-state index in [0.29, 0.717) is 12.2 Å². The molecule has 0 aliphatic rings. The normalized spacial score (nSPS) is 12.8. The molecule has 0 N–H and O–H groups in total.